The first-order valence-electron chi connectivity index (χ1n) is 9.72. The molecule has 0 saturated carbocycles. The maximum Gasteiger partial charge on any atom is 0.254 e. The summed E-state index contributed by atoms with van der Waals surface area (Å²) in [6.07, 6.45) is 4.43. The van der Waals surface area contributed by atoms with Gasteiger partial charge in [-0.2, -0.15) is 5.26 Å². The number of oxazole rings is 1. The van der Waals surface area contributed by atoms with Crippen LogP contribution in [0.1, 0.15) is 34.3 Å². The summed E-state index contributed by atoms with van der Waals surface area (Å²) in [5, 5.41) is 12.0. The minimum atomic E-state index is -0.503. The van der Waals surface area contributed by atoms with Crippen molar-refractivity contribution in [2.45, 2.75) is 25.4 Å². The molecule has 1 N–H and O–H groups in total. The van der Waals surface area contributed by atoms with Gasteiger partial charge in [0, 0.05) is 24.2 Å². The Morgan fingerprint density at radius 2 is 2.07 bits per heavy atom. The highest BCUT2D eigenvalue weighted by atomic mass is 16.3. The average molecular weight is 400 g/mol. The lowest BCUT2D eigenvalue weighted by Crippen LogP contribution is -2.45. The highest BCUT2D eigenvalue weighted by Gasteiger charge is 2.34. The third-order valence-electron chi connectivity index (χ3n) is 5.19. The number of rotatable bonds is 5. The number of hydrogen-bond acceptors (Lipinski definition) is 5. The van der Waals surface area contributed by atoms with Crippen LogP contribution in [0.5, 0.6) is 0 Å². The minimum absolute atomic E-state index is 0.170. The average Bonchev–Trinajstić information content (AvgIpc) is 3.50. The Labute approximate surface area is 173 Å². The van der Waals surface area contributed by atoms with Crippen molar-refractivity contribution < 1.29 is 14.0 Å². The lowest BCUT2D eigenvalue weighted by atomic mass is 10.1. The third kappa shape index (κ3) is 4.08. The van der Waals surface area contributed by atoms with Gasteiger partial charge in [-0.05, 0) is 36.6 Å². The van der Waals surface area contributed by atoms with Gasteiger partial charge >= 0.3 is 0 Å². The number of carbonyl (C=O) groups excluding carboxylic acids is 2. The predicted molar refractivity (Wildman–Crippen MR) is 109 cm³/mol. The summed E-state index contributed by atoms with van der Waals surface area (Å²) in [7, 11) is 0. The van der Waals surface area contributed by atoms with Crippen LogP contribution < -0.4 is 5.32 Å². The summed E-state index contributed by atoms with van der Waals surface area (Å²) in [4.78, 5) is 31.1. The molecule has 1 saturated heterocycles. The van der Waals surface area contributed by atoms with Crippen LogP contribution in [0, 0.1) is 11.3 Å². The Bertz CT molecular complexity index is 1080. The van der Waals surface area contributed by atoms with E-state index >= 15 is 0 Å². The lowest BCUT2D eigenvalue weighted by molar-refractivity contribution is -0.125. The summed E-state index contributed by atoms with van der Waals surface area (Å²) in [5.74, 6) is 0.295. The van der Waals surface area contributed by atoms with E-state index in [9.17, 15) is 9.59 Å². The highest BCUT2D eigenvalue weighted by Crippen LogP contribution is 2.22. The Balaban J connectivity index is 1.39. The Kier molecular flexibility index (Phi) is 5.57. The first-order chi connectivity index (χ1) is 14.7. The van der Waals surface area contributed by atoms with Gasteiger partial charge in [0.2, 0.25) is 5.91 Å². The molecule has 0 radical (unpaired) electrons. The van der Waals surface area contributed by atoms with E-state index in [2.05, 4.69) is 10.3 Å². The Morgan fingerprint density at radius 3 is 2.80 bits per heavy atom. The van der Waals surface area contributed by atoms with Crippen molar-refractivity contribution >= 4 is 11.8 Å². The fourth-order valence-corrected chi connectivity index (χ4v) is 3.62. The van der Waals surface area contributed by atoms with Gasteiger partial charge in [0.05, 0.1) is 17.8 Å². The van der Waals surface area contributed by atoms with Crippen LogP contribution in [0.2, 0.25) is 0 Å². The van der Waals surface area contributed by atoms with E-state index in [1.807, 2.05) is 30.3 Å². The van der Waals surface area contributed by atoms with Crippen molar-refractivity contribution in [2.24, 2.45) is 0 Å². The Morgan fingerprint density at radius 1 is 1.23 bits per heavy atom. The number of aromatic nitrogens is 1. The van der Waals surface area contributed by atoms with Crippen LogP contribution in [0.4, 0.5) is 0 Å². The van der Waals surface area contributed by atoms with E-state index in [0.717, 1.165) is 17.5 Å². The molecule has 150 valence electrons. The van der Waals surface area contributed by atoms with Gasteiger partial charge in [-0.15, -0.1) is 0 Å². The maximum absolute atomic E-state index is 12.9. The van der Waals surface area contributed by atoms with E-state index in [1.54, 1.807) is 35.4 Å². The molecule has 7 nitrogen and oxygen atoms in total. The van der Waals surface area contributed by atoms with E-state index in [1.165, 1.54) is 6.39 Å². The molecule has 30 heavy (non-hydrogen) atoms. The SMILES string of the molecule is N#Cc1cccc(C(=O)N2CCC[C@H]2C(=O)NCc2ccc(-c3cnco3)cc2)c1. The predicted octanol–water partition coefficient (Wildman–Crippen LogP) is 3.13. The van der Waals surface area contributed by atoms with Gasteiger partial charge in [0.15, 0.2) is 12.2 Å². The highest BCUT2D eigenvalue weighted by molar-refractivity contribution is 5.98. The van der Waals surface area contributed by atoms with E-state index < -0.39 is 6.04 Å². The fraction of sp³-hybridized carbons (Fsp3) is 0.217. The molecule has 2 heterocycles. The number of carbonyl (C=O) groups is 2. The van der Waals surface area contributed by atoms with Crippen LogP contribution in [0.3, 0.4) is 0 Å². The van der Waals surface area contributed by atoms with Gasteiger partial charge < -0.3 is 14.6 Å². The van der Waals surface area contributed by atoms with Crippen molar-refractivity contribution in [3.8, 4) is 17.4 Å². The molecule has 0 aliphatic carbocycles. The number of nitrogens with zero attached hydrogens (tertiary/aromatic N) is 3. The molecule has 0 spiro atoms. The van der Waals surface area contributed by atoms with Crippen molar-refractivity contribution in [2.75, 3.05) is 6.54 Å². The summed E-state index contributed by atoms with van der Waals surface area (Å²) < 4.78 is 5.27. The van der Waals surface area contributed by atoms with Crippen molar-refractivity contribution in [1.82, 2.24) is 15.2 Å². The topological polar surface area (TPSA) is 99.2 Å². The maximum atomic E-state index is 12.9. The second-order valence-electron chi connectivity index (χ2n) is 7.13. The molecular weight excluding hydrogens is 380 g/mol. The molecule has 1 aromatic heterocycles. The number of benzene rings is 2. The van der Waals surface area contributed by atoms with Gasteiger partial charge in [-0.1, -0.05) is 30.3 Å². The van der Waals surface area contributed by atoms with Crippen LogP contribution in [-0.4, -0.2) is 34.3 Å². The smallest absolute Gasteiger partial charge is 0.254 e. The van der Waals surface area contributed by atoms with Crippen LogP contribution in [0.25, 0.3) is 11.3 Å². The second-order valence-corrected chi connectivity index (χ2v) is 7.13. The largest absolute Gasteiger partial charge is 0.444 e. The molecular formula is C23H20N4O3. The number of nitrogens with one attached hydrogen (secondary N) is 1. The van der Waals surface area contributed by atoms with E-state index in [-0.39, 0.29) is 11.8 Å². The second kappa shape index (κ2) is 8.62. The lowest BCUT2D eigenvalue weighted by Gasteiger charge is -2.24. The fourth-order valence-electron chi connectivity index (χ4n) is 3.62. The zero-order chi connectivity index (χ0) is 20.9. The molecule has 1 atom stereocenters. The third-order valence-corrected chi connectivity index (χ3v) is 5.19. The first kappa shape index (κ1) is 19.4. The molecule has 7 heteroatoms. The van der Waals surface area contributed by atoms with Gasteiger partial charge in [-0.3, -0.25) is 9.59 Å². The molecule has 2 aromatic carbocycles. The van der Waals surface area contributed by atoms with Gasteiger partial charge in [0.1, 0.15) is 6.04 Å². The molecule has 1 fully saturated rings. The summed E-state index contributed by atoms with van der Waals surface area (Å²) in [5.41, 5.74) is 2.71. The zero-order valence-electron chi connectivity index (χ0n) is 16.2. The summed E-state index contributed by atoms with van der Waals surface area (Å²) in [6, 6.07) is 15.8. The molecule has 1 aliphatic heterocycles. The van der Waals surface area contributed by atoms with E-state index in [4.69, 9.17) is 9.68 Å². The first-order valence-corrected chi connectivity index (χ1v) is 9.72. The summed E-state index contributed by atoms with van der Waals surface area (Å²) in [6.45, 7) is 0.900. The molecule has 4 rings (SSSR count). The molecule has 0 unspecified atom stereocenters. The van der Waals surface area contributed by atoms with Crippen LogP contribution in [0.15, 0.2) is 65.5 Å². The van der Waals surface area contributed by atoms with Gasteiger partial charge in [-0.25, -0.2) is 4.98 Å². The standard InChI is InChI=1S/C23H20N4O3/c24-12-17-3-1-4-19(11-17)23(29)27-10-2-5-20(27)22(28)26-13-16-6-8-18(9-7-16)21-14-25-15-30-21/h1,3-4,6-9,11,14-15,20H,2,5,10,13H2,(H,26,28)/t20-/m0/s1. The molecule has 3 aromatic rings. The van der Waals surface area contributed by atoms with Crippen LogP contribution >= 0.6 is 0 Å². The van der Waals surface area contributed by atoms with Gasteiger partial charge in [0.25, 0.3) is 5.91 Å². The number of hydrogen-bond donors (Lipinski definition) is 1. The van der Waals surface area contributed by atoms with Crippen molar-refractivity contribution in [3.63, 3.8) is 0 Å². The minimum Gasteiger partial charge on any atom is -0.444 e. The number of nitriles is 1. The zero-order valence-corrected chi connectivity index (χ0v) is 16.2. The molecule has 2 amide bonds. The molecule has 1 aliphatic rings. The Hall–Kier alpha value is -3.92. The quantitative estimate of drug-likeness (QED) is 0.709. The van der Waals surface area contributed by atoms with Crippen molar-refractivity contribution in [3.05, 3.63) is 77.8 Å². The number of likely N-dealkylation sites (tertiary alicyclic amines) is 1. The van der Waals surface area contributed by atoms with Crippen molar-refractivity contribution in [1.29, 1.82) is 5.26 Å². The van der Waals surface area contributed by atoms with E-state index in [0.29, 0.717) is 36.4 Å². The summed E-state index contributed by atoms with van der Waals surface area (Å²) >= 11 is 0. The molecule has 0 bridgehead atoms. The number of amides is 2. The monoisotopic (exact) mass is 400 g/mol. The normalized spacial score (nSPS) is 15.6. The van der Waals surface area contributed by atoms with Crippen LogP contribution in [-0.2, 0) is 11.3 Å².